The molecule has 0 amide bonds. The standard InChI is InChI=1S/C6H13ClO2/c1-5(2)3-6(8)9-4-7/h5-6,8H,3-4H2,1-2H3. The Balaban J connectivity index is 3.15. The molecule has 0 bridgehead atoms. The van der Waals surface area contributed by atoms with Crippen LogP contribution < -0.4 is 0 Å². The van der Waals surface area contributed by atoms with Crippen LogP contribution >= 0.6 is 11.6 Å². The first-order chi connectivity index (χ1) is 4.16. The van der Waals surface area contributed by atoms with Gasteiger partial charge in [0.25, 0.3) is 0 Å². The van der Waals surface area contributed by atoms with Gasteiger partial charge in [0, 0.05) is 6.42 Å². The third-order valence-electron chi connectivity index (χ3n) is 0.928. The number of aliphatic hydroxyl groups is 1. The van der Waals surface area contributed by atoms with Crippen molar-refractivity contribution in [2.24, 2.45) is 5.92 Å². The molecule has 0 fully saturated rings. The average molecular weight is 153 g/mol. The average Bonchev–Trinajstić information content (AvgIpc) is 1.63. The van der Waals surface area contributed by atoms with Gasteiger partial charge in [-0.15, -0.1) is 0 Å². The maximum absolute atomic E-state index is 8.91. The topological polar surface area (TPSA) is 29.5 Å². The van der Waals surface area contributed by atoms with Crippen LogP contribution in [0.2, 0.25) is 0 Å². The van der Waals surface area contributed by atoms with E-state index in [4.69, 9.17) is 16.7 Å². The van der Waals surface area contributed by atoms with Crippen LogP contribution in [0.5, 0.6) is 0 Å². The second-order valence-corrected chi connectivity index (χ2v) is 2.58. The van der Waals surface area contributed by atoms with Crippen LogP contribution in [-0.2, 0) is 4.74 Å². The van der Waals surface area contributed by atoms with Gasteiger partial charge >= 0.3 is 0 Å². The number of hydrogen-bond acceptors (Lipinski definition) is 2. The molecule has 2 nitrogen and oxygen atoms in total. The molecular formula is C6H13ClO2. The van der Waals surface area contributed by atoms with Crippen molar-refractivity contribution in [3.8, 4) is 0 Å². The summed E-state index contributed by atoms with van der Waals surface area (Å²) in [7, 11) is 0. The Kier molecular flexibility index (Phi) is 5.15. The smallest absolute Gasteiger partial charge is 0.156 e. The summed E-state index contributed by atoms with van der Waals surface area (Å²) in [5, 5.41) is 8.91. The molecule has 0 aliphatic rings. The predicted molar refractivity (Wildman–Crippen MR) is 37.3 cm³/mol. The molecule has 3 heteroatoms. The molecule has 0 saturated carbocycles. The van der Waals surface area contributed by atoms with Crippen molar-refractivity contribution in [1.29, 1.82) is 0 Å². The van der Waals surface area contributed by atoms with E-state index in [2.05, 4.69) is 4.74 Å². The van der Waals surface area contributed by atoms with E-state index in [-0.39, 0.29) is 6.07 Å². The van der Waals surface area contributed by atoms with Crippen LogP contribution in [0.3, 0.4) is 0 Å². The van der Waals surface area contributed by atoms with Gasteiger partial charge in [-0.25, -0.2) is 0 Å². The molecule has 1 unspecified atom stereocenters. The molecule has 56 valence electrons. The maximum atomic E-state index is 8.91. The first-order valence-corrected chi connectivity index (χ1v) is 3.56. The van der Waals surface area contributed by atoms with Crippen LogP contribution in [0.25, 0.3) is 0 Å². The van der Waals surface area contributed by atoms with E-state index in [0.29, 0.717) is 12.3 Å². The van der Waals surface area contributed by atoms with Gasteiger partial charge < -0.3 is 9.84 Å². The summed E-state index contributed by atoms with van der Waals surface area (Å²) in [5.41, 5.74) is 0. The minimum absolute atomic E-state index is 0.0634. The van der Waals surface area contributed by atoms with Crippen LogP contribution in [0.1, 0.15) is 20.3 Å². The predicted octanol–water partition coefficient (Wildman–Crippen LogP) is 1.56. The number of rotatable bonds is 4. The fraction of sp³-hybridized carbons (Fsp3) is 1.00. The molecule has 1 N–H and O–H groups in total. The molecule has 0 spiro atoms. The SMILES string of the molecule is CC(C)CC(O)OCCl. The van der Waals surface area contributed by atoms with Gasteiger partial charge in [0.05, 0.1) is 0 Å². The molecule has 0 radical (unpaired) electrons. The number of alkyl halides is 1. The summed E-state index contributed by atoms with van der Waals surface area (Å²) in [6.07, 6.45) is -0.0466. The van der Waals surface area contributed by atoms with Gasteiger partial charge in [-0.2, -0.15) is 0 Å². The van der Waals surface area contributed by atoms with Gasteiger partial charge in [0.15, 0.2) is 6.29 Å². The molecule has 1 atom stereocenters. The molecule has 0 aromatic rings. The Morgan fingerprint density at radius 1 is 1.56 bits per heavy atom. The van der Waals surface area contributed by atoms with E-state index in [0.717, 1.165) is 0 Å². The van der Waals surface area contributed by atoms with Crippen LogP contribution in [-0.4, -0.2) is 17.5 Å². The first-order valence-electron chi connectivity index (χ1n) is 3.02. The Hall–Kier alpha value is 0.210. The lowest BCUT2D eigenvalue weighted by molar-refractivity contribution is -0.0926. The Morgan fingerprint density at radius 2 is 2.11 bits per heavy atom. The Bertz CT molecular complexity index is 66.1. The van der Waals surface area contributed by atoms with Crippen molar-refractivity contribution in [2.45, 2.75) is 26.6 Å². The molecule has 0 aliphatic carbocycles. The fourth-order valence-corrected chi connectivity index (χ4v) is 0.689. The van der Waals surface area contributed by atoms with E-state index < -0.39 is 6.29 Å². The summed E-state index contributed by atoms with van der Waals surface area (Å²) in [4.78, 5) is 0. The zero-order chi connectivity index (χ0) is 7.28. The molecule has 0 aromatic heterocycles. The Morgan fingerprint density at radius 3 is 2.44 bits per heavy atom. The first kappa shape index (κ1) is 9.21. The summed E-state index contributed by atoms with van der Waals surface area (Å²) >= 11 is 5.20. The zero-order valence-electron chi connectivity index (χ0n) is 5.80. The van der Waals surface area contributed by atoms with E-state index in [1.165, 1.54) is 0 Å². The van der Waals surface area contributed by atoms with Crippen molar-refractivity contribution < 1.29 is 9.84 Å². The summed E-state index contributed by atoms with van der Waals surface area (Å²) in [6.45, 7) is 4.03. The molecule has 0 heterocycles. The highest BCUT2D eigenvalue weighted by atomic mass is 35.5. The minimum Gasteiger partial charge on any atom is -0.368 e. The largest absolute Gasteiger partial charge is 0.368 e. The van der Waals surface area contributed by atoms with Gasteiger partial charge in [-0.3, -0.25) is 0 Å². The highest BCUT2D eigenvalue weighted by Crippen LogP contribution is 2.05. The third kappa shape index (κ3) is 6.09. The second-order valence-electron chi connectivity index (χ2n) is 2.36. The third-order valence-corrected chi connectivity index (χ3v) is 1.05. The summed E-state index contributed by atoms with van der Waals surface area (Å²) < 4.78 is 4.67. The highest BCUT2D eigenvalue weighted by molar-refractivity contribution is 6.17. The van der Waals surface area contributed by atoms with Crippen LogP contribution in [0, 0.1) is 5.92 Å². The van der Waals surface area contributed by atoms with Crippen molar-refractivity contribution in [3.63, 3.8) is 0 Å². The number of ether oxygens (including phenoxy) is 1. The normalized spacial score (nSPS) is 14.3. The van der Waals surface area contributed by atoms with Crippen LogP contribution in [0.4, 0.5) is 0 Å². The quantitative estimate of drug-likeness (QED) is 0.490. The molecular weight excluding hydrogens is 140 g/mol. The molecule has 0 aromatic carbocycles. The van der Waals surface area contributed by atoms with Gasteiger partial charge in [0.1, 0.15) is 6.07 Å². The molecule has 0 rings (SSSR count). The van der Waals surface area contributed by atoms with E-state index in [1.807, 2.05) is 13.8 Å². The number of hydrogen-bond donors (Lipinski definition) is 1. The number of halogens is 1. The summed E-state index contributed by atoms with van der Waals surface area (Å²) in [5.74, 6) is 0.447. The van der Waals surface area contributed by atoms with Gasteiger partial charge in [-0.05, 0) is 5.92 Å². The zero-order valence-corrected chi connectivity index (χ0v) is 6.56. The Labute approximate surface area is 60.8 Å². The fourth-order valence-electron chi connectivity index (χ4n) is 0.544. The number of aliphatic hydroxyl groups excluding tert-OH is 1. The monoisotopic (exact) mass is 152 g/mol. The minimum atomic E-state index is -0.692. The maximum Gasteiger partial charge on any atom is 0.156 e. The van der Waals surface area contributed by atoms with E-state index in [1.54, 1.807) is 0 Å². The lowest BCUT2D eigenvalue weighted by Crippen LogP contribution is -2.13. The lowest BCUT2D eigenvalue weighted by Gasteiger charge is -2.10. The molecule has 9 heavy (non-hydrogen) atoms. The molecule has 0 aliphatic heterocycles. The summed E-state index contributed by atoms with van der Waals surface area (Å²) in [6, 6.07) is 0.0634. The van der Waals surface area contributed by atoms with E-state index in [9.17, 15) is 0 Å². The van der Waals surface area contributed by atoms with E-state index >= 15 is 0 Å². The van der Waals surface area contributed by atoms with Crippen molar-refractivity contribution in [1.82, 2.24) is 0 Å². The van der Waals surface area contributed by atoms with Crippen LogP contribution in [0.15, 0.2) is 0 Å². The van der Waals surface area contributed by atoms with Crippen molar-refractivity contribution >= 4 is 11.6 Å². The van der Waals surface area contributed by atoms with Crippen molar-refractivity contribution in [2.75, 3.05) is 6.07 Å². The van der Waals surface area contributed by atoms with Gasteiger partial charge in [0.2, 0.25) is 0 Å². The van der Waals surface area contributed by atoms with Gasteiger partial charge in [-0.1, -0.05) is 25.4 Å². The molecule has 0 saturated heterocycles. The van der Waals surface area contributed by atoms with Crippen molar-refractivity contribution in [3.05, 3.63) is 0 Å². The lowest BCUT2D eigenvalue weighted by atomic mass is 10.1. The highest BCUT2D eigenvalue weighted by Gasteiger charge is 2.04. The second kappa shape index (κ2) is 5.03.